The Morgan fingerprint density at radius 2 is 1.69 bits per heavy atom. The minimum absolute atomic E-state index is 0. The summed E-state index contributed by atoms with van der Waals surface area (Å²) in [5, 5.41) is 0. The Hall–Kier alpha value is -1.06. The number of esters is 1. The maximum atomic E-state index is 13.0. The molecule has 1 aromatic rings. The summed E-state index contributed by atoms with van der Waals surface area (Å²) >= 11 is 0. The van der Waals surface area contributed by atoms with E-state index in [4.69, 9.17) is 4.74 Å². The van der Waals surface area contributed by atoms with E-state index >= 15 is 0 Å². The van der Waals surface area contributed by atoms with Crippen molar-refractivity contribution >= 4 is 18.4 Å². The number of rotatable bonds is 5. The molecule has 2 atom stereocenters. The van der Waals surface area contributed by atoms with Crippen molar-refractivity contribution in [2.45, 2.75) is 63.4 Å². The van der Waals surface area contributed by atoms with Crippen LogP contribution in [0.1, 0.15) is 68.1 Å². The summed E-state index contributed by atoms with van der Waals surface area (Å²) in [6, 6.07) is 9.54. The molecule has 0 radical (unpaired) electrons. The minimum atomic E-state index is -0.268. The fourth-order valence-electron chi connectivity index (χ4n) is 5.08. The lowest BCUT2D eigenvalue weighted by atomic mass is 9.64. The first-order valence-electron chi connectivity index (χ1n) is 10.0. The van der Waals surface area contributed by atoms with E-state index in [1.165, 1.54) is 51.4 Å². The van der Waals surface area contributed by atoms with Crippen molar-refractivity contribution in [2.24, 2.45) is 11.8 Å². The number of nitrogens with zero attached hydrogens (tertiary/aromatic N) is 1. The van der Waals surface area contributed by atoms with Crippen LogP contribution in [0.25, 0.3) is 0 Å². The van der Waals surface area contributed by atoms with Gasteiger partial charge in [-0.3, -0.25) is 0 Å². The maximum Gasteiger partial charge on any atom is 0.338 e. The lowest BCUT2D eigenvalue weighted by Gasteiger charge is -2.50. The monoisotopic (exact) mass is 379 g/mol. The molecule has 3 rings (SSSR count). The van der Waals surface area contributed by atoms with Crippen LogP contribution in [0, 0.1) is 11.8 Å². The summed E-state index contributed by atoms with van der Waals surface area (Å²) in [6.07, 6.45) is 11.0. The van der Waals surface area contributed by atoms with Gasteiger partial charge < -0.3 is 9.64 Å². The van der Waals surface area contributed by atoms with E-state index in [1.54, 1.807) is 0 Å². The van der Waals surface area contributed by atoms with Crippen LogP contribution in [0.4, 0.5) is 0 Å². The van der Waals surface area contributed by atoms with Crippen molar-refractivity contribution in [2.75, 3.05) is 20.6 Å². The van der Waals surface area contributed by atoms with Gasteiger partial charge in [0.05, 0.1) is 5.56 Å². The van der Waals surface area contributed by atoms with Crippen LogP contribution >= 0.6 is 12.4 Å². The lowest BCUT2D eigenvalue weighted by Crippen LogP contribution is -2.54. The molecule has 4 heteroatoms. The molecule has 0 saturated heterocycles. The van der Waals surface area contributed by atoms with Gasteiger partial charge in [0.1, 0.15) is 5.60 Å². The molecule has 1 aromatic carbocycles. The second-order valence-electron chi connectivity index (χ2n) is 8.25. The van der Waals surface area contributed by atoms with Crippen molar-refractivity contribution in [3.05, 3.63) is 35.9 Å². The van der Waals surface area contributed by atoms with Crippen molar-refractivity contribution in [1.29, 1.82) is 0 Å². The Labute approximate surface area is 164 Å². The van der Waals surface area contributed by atoms with Gasteiger partial charge in [-0.2, -0.15) is 0 Å². The largest absolute Gasteiger partial charge is 0.455 e. The summed E-state index contributed by atoms with van der Waals surface area (Å²) in [6.45, 7) is 1.01. The first-order valence-corrected chi connectivity index (χ1v) is 10.0. The second-order valence-corrected chi connectivity index (χ2v) is 8.25. The number of benzene rings is 1. The van der Waals surface area contributed by atoms with Crippen LogP contribution in [0.2, 0.25) is 0 Å². The Bertz CT molecular complexity index is 557. The summed E-state index contributed by atoms with van der Waals surface area (Å²) in [4.78, 5) is 15.2. The quantitative estimate of drug-likeness (QED) is 0.647. The van der Waals surface area contributed by atoms with E-state index in [2.05, 4.69) is 19.0 Å². The fourth-order valence-corrected chi connectivity index (χ4v) is 5.08. The SMILES string of the molecule is CN(C)CC1CCCCC1(OC(=O)c1ccccc1)C1CCCCC1.Cl. The van der Waals surface area contributed by atoms with Gasteiger partial charge in [-0.1, -0.05) is 43.9 Å². The summed E-state index contributed by atoms with van der Waals surface area (Å²) in [5.41, 5.74) is 0.419. The number of halogens is 1. The topological polar surface area (TPSA) is 29.5 Å². The Kier molecular flexibility index (Phi) is 7.97. The zero-order valence-corrected chi connectivity index (χ0v) is 17.1. The molecule has 0 aliphatic heterocycles. The highest BCUT2D eigenvalue weighted by molar-refractivity contribution is 5.89. The van der Waals surface area contributed by atoms with E-state index in [0.717, 1.165) is 13.0 Å². The van der Waals surface area contributed by atoms with E-state index < -0.39 is 0 Å². The molecule has 0 aromatic heterocycles. The predicted octanol–water partition coefficient (Wildman–Crippen LogP) is 5.34. The molecular formula is C22H34ClNO2. The summed E-state index contributed by atoms with van der Waals surface area (Å²) < 4.78 is 6.45. The highest BCUT2D eigenvalue weighted by Crippen LogP contribution is 2.48. The molecule has 2 saturated carbocycles. The molecule has 0 N–H and O–H groups in total. The van der Waals surface area contributed by atoms with E-state index in [-0.39, 0.29) is 24.0 Å². The standard InChI is InChI=1S/C22H33NO2.ClH/c1-23(2)17-20-15-9-10-16-22(20,19-13-7-4-8-14-19)25-21(24)18-11-5-3-6-12-18;/h3,5-6,11-12,19-20H,4,7-10,13-17H2,1-2H3;1H. The van der Waals surface area contributed by atoms with Crippen molar-refractivity contribution in [3.63, 3.8) is 0 Å². The van der Waals surface area contributed by atoms with E-state index in [0.29, 0.717) is 17.4 Å². The molecule has 2 unspecified atom stereocenters. The van der Waals surface area contributed by atoms with Crippen LogP contribution < -0.4 is 0 Å². The third kappa shape index (κ3) is 4.80. The third-order valence-electron chi connectivity index (χ3n) is 6.24. The normalized spacial score (nSPS) is 27.0. The molecule has 2 aliphatic carbocycles. The first-order chi connectivity index (χ1) is 12.1. The molecule has 146 valence electrons. The van der Waals surface area contributed by atoms with Gasteiger partial charge in [0.15, 0.2) is 0 Å². The van der Waals surface area contributed by atoms with E-state index in [9.17, 15) is 4.79 Å². The molecule has 26 heavy (non-hydrogen) atoms. The van der Waals surface area contributed by atoms with Crippen LogP contribution in [-0.2, 0) is 4.74 Å². The average Bonchev–Trinajstić information content (AvgIpc) is 2.64. The molecule has 0 heterocycles. The number of hydrogen-bond donors (Lipinski definition) is 0. The highest BCUT2D eigenvalue weighted by atomic mass is 35.5. The average molecular weight is 380 g/mol. The Morgan fingerprint density at radius 1 is 1.04 bits per heavy atom. The molecule has 0 bridgehead atoms. The minimum Gasteiger partial charge on any atom is -0.455 e. The summed E-state index contributed by atoms with van der Waals surface area (Å²) in [7, 11) is 4.28. The van der Waals surface area contributed by atoms with Gasteiger partial charge in [0.2, 0.25) is 0 Å². The maximum absolute atomic E-state index is 13.0. The van der Waals surface area contributed by atoms with Crippen LogP contribution in [0.3, 0.4) is 0 Å². The number of carbonyl (C=O) groups is 1. The van der Waals surface area contributed by atoms with Gasteiger partial charge in [-0.05, 0) is 64.3 Å². The predicted molar refractivity (Wildman–Crippen MR) is 109 cm³/mol. The highest BCUT2D eigenvalue weighted by Gasteiger charge is 2.50. The third-order valence-corrected chi connectivity index (χ3v) is 6.24. The Balaban J connectivity index is 0.00000243. The molecule has 3 nitrogen and oxygen atoms in total. The van der Waals surface area contributed by atoms with Gasteiger partial charge >= 0.3 is 5.97 Å². The number of hydrogen-bond acceptors (Lipinski definition) is 3. The molecular weight excluding hydrogens is 346 g/mol. The first kappa shape index (κ1) is 21.2. The smallest absolute Gasteiger partial charge is 0.338 e. The molecule has 2 fully saturated rings. The van der Waals surface area contributed by atoms with Gasteiger partial charge in [0, 0.05) is 12.5 Å². The number of carbonyl (C=O) groups excluding carboxylic acids is 1. The van der Waals surface area contributed by atoms with Crippen molar-refractivity contribution < 1.29 is 9.53 Å². The molecule has 0 amide bonds. The summed E-state index contributed by atoms with van der Waals surface area (Å²) in [5.74, 6) is 0.850. The van der Waals surface area contributed by atoms with Crippen LogP contribution in [0.15, 0.2) is 30.3 Å². The van der Waals surface area contributed by atoms with Gasteiger partial charge in [-0.25, -0.2) is 4.79 Å². The molecule has 2 aliphatic rings. The van der Waals surface area contributed by atoms with Crippen molar-refractivity contribution in [3.8, 4) is 0 Å². The van der Waals surface area contributed by atoms with Crippen LogP contribution in [-0.4, -0.2) is 37.1 Å². The van der Waals surface area contributed by atoms with Crippen LogP contribution in [0.5, 0.6) is 0 Å². The molecule has 0 spiro atoms. The zero-order chi connectivity index (χ0) is 17.7. The van der Waals surface area contributed by atoms with E-state index in [1.807, 2.05) is 30.3 Å². The van der Waals surface area contributed by atoms with Gasteiger partial charge in [0.25, 0.3) is 0 Å². The number of ether oxygens (including phenoxy) is 1. The fraction of sp³-hybridized carbons (Fsp3) is 0.682. The van der Waals surface area contributed by atoms with Gasteiger partial charge in [-0.15, -0.1) is 12.4 Å². The second kappa shape index (κ2) is 9.75. The van der Waals surface area contributed by atoms with Crippen molar-refractivity contribution in [1.82, 2.24) is 4.90 Å². The lowest BCUT2D eigenvalue weighted by molar-refractivity contribution is -0.120. The Morgan fingerprint density at radius 3 is 2.35 bits per heavy atom. The zero-order valence-electron chi connectivity index (χ0n) is 16.3.